The Balaban J connectivity index is 1.75. The molecule has 2 heteroatoms. The van der Waals surface area contributed by atoms with E-state index in [4.69, 9.17) is 0 Å². The van der Waals surface area contributed by atoms with Crippen LogP contribution >= 0.6 is 0 Å². The van der Waals surface area contributed by atoms with Gasteiger partial charge in [0.05, 0.1) is 0 Å². The zero-order valence-electron chi connectivity index (χ0n) is 8.51. The molecular weight excluding hydrogens is 162 g/mol. The molecule has 0 atom stereocenters. The SMILES string of the molecule is CC(=O)C1(CCN2CCCC2)CC1. The van der Waals surface area contributed by atoms with Crippen LogP contribution in [-0.4, -0.2) is 30.3 Å². The van der Waals surface area contributed by atoms with Crippen molar-refractivity contribution in [3.8, 4) is 0 Å². The number of Topliss-reactive ketones (excluding diaryl/α,β-unsaturated/α-hetero) is 1. The lowest BCUT2D eigenvalue weighted by atomic mass is 9.98. The molecule has 1 saturated carbocycles. The van der Waals surface area contributed by atoms with E-state index < -0.39 is 0 Å². The van der Waals surface area contributed by atoms with E-state index in [1.165, 1.54) is 25.9 Å². The summed E-state index contributed by atoms with van der Waals surface area (Å²) in [4.78, 5) is 13.8. The summed E-state index contributed by atoms with van der Waals surface area (Å²) in [6.45, 7) is 5.43. The third-order valence-electron chi connectivity index (χ3n) is 3.71. The quantitative estimate of drug-likeness (QED) is 0.659. The summed E-state index contributed by atoms with van der Waals surface area (Å²) < 4.78 is 0. The topological polar surface area (TPSA) is 20.3 Å². The molecule has 1 saturated heterocycles. The lowest BCUT2D eigenvalue weighted by molar-refractivity contribution is -0.122. The number of carbonyl (C=O) groups is 1. The lowest BCUT2D eigenvalue weighted by Gasteiger charge is -2.18. The molecule has 0 radical (unpaired) electrons. The highest BCUT2D eigenvalue weighted by molar-refractivity contribution is 5.84. The maximum atomic E-state index is 11.3. The minimum atomic E-state index is 0.128. The van der Waals surface area contributed by atoms with Crippen LogP contribution in [0.1, 0.15) is 39.0 Å². The van der Waals surface area contributed by atoms with Crippen LogP contribution in [0.15, 0.2) is 0 Å². The maximum absolute atomic E-state index is 11.3. The van der Waals surface area contributed by atoms with E-state index in [1.54, 1.807) is 6.92 Å². The molecule has 1 aliphatic heterocycles. The normalized spacial score (nSPS) is 26.2. The molecule has 1 heterocycles. The summed E-state index contributed by atoms with van der Waals surface area (Å²) in [6.07, 6.45) is 6.12. The molecule has 2 nitrogen and oxygen atoms in total. The second-order valence-electron chi connectivity index (χ2n) is 4.64. The van der Waals surface area contributed by atoms with Gasteiger partial charge >= 0.3 is 0 Å². The van der Waals surface area contributed by atoms with Gasteiger partial charge in [0.25, 0.3) is 0 Å². The molecule has 0 N–H and O–H groups in total. The maximum Gasteiger partial charge on any atom is 0.136 e. The highest BCUT2D eigenvalue weighted by Gasteiger charge is 2.46. The molecule has 2 rings (SSSR count). The monoisotopic (exact) mass is 181 g/mol. The van der Waals surface area contributed by atoms with Crippen molar-refractivity contribution >= 4 is 5.78 Å². The van der Waals surface area contributed by atoms with Gasteiger partial charge in [-0.1, -0.05) is 0 Å². The van der Waals surface area contributed by atoms with Crippen LogP contribution in [0.3, 0.4) is 0 Å². The number of carbonyl (C=O) groups excluding carboxylic acids is 1. The molecule has 0 aromatic heterocycles. The number of nitrogens with zero attached hydrogens (tertiary/aromatic N) is 1. The van der Waals surface area contributed by atoms with Gasteiger partial charge in [-0.15, -0.1) is 0 Å². The summed E-state index contributed by atoms with van der Waals surface area (Å²) in [5.74, 6) is 0.423. The van der Waals surface area contributed by atoms with Crippen molar-refractivity contribution in [1.82, 2.24) is 4.90 Å². The average Bonchev–Trinajstić information content (AvgIpc) is 2.73. The Morgan fingerprint density at radius 3 is 2.38 bits per heavy atom. The molecule has 0 unspecified atom stereocenters. The van der Waals surface area contributed by atoms with E-state index in [1.807, 2.05) is 0 Å². The van der Waals surface area contributed by atoms with E-state index in [0.29, 0.717) is 5.78 Å². The Kier molecular flexibility index (Phi) is 2.41. The largest absolute Gasteiger partial charge is 0.303 e. The van der Waals surface area contributed by atoms with Crippen LogP contribution in [0.4, 0.5) is 0 Å². The third-order valence-corrected chi connectivity index (χ3v) is 3.71. The predicted molar refractivity (Wildman–Crippen MR) is 52.6 cm³/mol. The van der Waals surface area contributed by atoms with Gasteiger partial charge in [0.15, 0.2) is 0 Å². The molecule has 0 bridgehead atoms. The van der Waals surface area contributed by atoms with Crippen LogP contribution < -0.4 is 0 Å². The zero-order chi connectivity index (χ0) is 9.31. The van der Waals surface area contributed by atoms with E-state index in [0.717, 1.165) is 25.8 Å². The van der Waals surface area contributed by atoms with Gasteiger partial charge in [-0.3, -0.25) is 4.79 Å². The lowest BCUT2D eigenvalue weighted by Crippen LogP contribution is -2.25. The van der Waals surface area contributed by atoms with Gasteiger partial charge in [0.1, 0.15) is 5.78 Å². The minimum Gasteiger partial charge on any atom is -0.303 e. The van der Waals surface area contributed by atoms with Crippen LogP contribution in [-0.2, 0) is 4.79 Å². The number of likely N-dealkylation sites (tertiary alicyclic amines) is 1. The van der Waals surface area contributed by atoms with E-state index >= 15 is 0 Å². The van der Waals surface area contributed by atoms with Gasteiger partial charge in [0.2, 0.25) is 0 Å². The fourth-order valence-electron chi connectivity index (χ4n) is 2.31. The van der Waals surface area contributed by atoms with Gasteiger partial charge in [0, 0.05) is 5.41 Å². The number of hydrogen-bond donors (Lipinski definition) is 0. The highest BCUT2D eigenvalue weighted by atomic mass is 16.1. The fourth-order valence-corrected chi connectivity index (χ4v) is 2.31. The van der Waals surface area contributed by atoms with Crippen molar-refractivity contribution in [2.45, 2.75) is 39.0 Å². The van der Waals surface area contributed by atoms with E-state index in [-0.39, 0.29) is 5.41 Å². The predicted octanol–water partition coefficient (Wildman–Crippen LogP) is 1.84. The van der Waals surface area contributed by atoms with Gasteiger partial charge < -0.3 is 4.90 Å². The Labute approximate surface area is 80.3 Å². The number of ketones is 1. The van der Waals surface area contributed by atoms with Crippen LogP contribution in [0, 0.1) is 5.41 Å². The van der Waals surface area contributed by atoms with Gasteiger partial charge in [-0.2, -0.15) is 0 Å². The van der Waals surface area contributed by atoms with Crippen molar-refractivity contribution in [3.05, 3.63) is 0 Å². The van der Waals surface area contributed by atoms with Crippen molar-refractivity contribution in [3.63, 3.8) is 0 Å². The number of rotatable bonds is 4. The third kappa shape index (κ3) is 1.93. The Hall–Kier alpha value is -0.370. The molecule has 74 valence electrons. The Morgan fingerprint density at radius 2 is 1.92 bits per heavy atom. The summed E-state index contributed by atoms with van der Waals surface area (Å²) in [5, 5.41) is 0. The molecule has 2 aliphatic rings. The second kappa shape index (κ2) is 3.41. The first kappa shape index (κ1) is 9.20. The Bertz CT molecular complexity index is 202. The van der Waals surface area contributed by atoms with Crippen LogP contribution in [0.25, 0.3) is 0 Å². The Morgan fingerprint density at radius 1 is 1.31 bits per heavy atom. The molecule has 0 amide bonds. The average molecular weight is 181 g/mol. The summed E-state index contributed by atoms with van der Waals surface area (Å²) in [6, 6.07) is 0. The molecule has 0 spiro atoms. The first-order valence-corrected chi connectivity index (χ1v) is 5.46. The summed E-state index contributed by atoms with van der Waals surface area (Å²) in [5.41, 5.74) is 0.128. The van der Waals surface area contributed by atoms with Crippen molar-refractivity contribution < 1.29 is 4.79 Å². The first-order valence-electron chi connectivity index (χ1n) is 5.46. The summed E-state index contributed by atoms with van der Waals surface area (Å²) in [7, 11) is 0. The molecule has 2 fully saturated rings. The summed E-state index contributed by atoms with van der Waals surface area (Å²) >= 11 is 0. The fraction of sp³-hybridized carbons (Fsp3) is 0.909. The highest BCUT2D eigenvalue weighted by Crippen LogP contribution is 2.49. The molecule has 0 aromatic carbocycles. The van der Waals surface area contributed by atoms with Crippen LogP contribution in [0.5, 0.6) is 0 Å². The van der Waals surface area contributed by atoms with E-state index in [2.05, 4.69) is 4.90 Å². The number of hydrogen-bond acceptors (Lipinski definition) is 2. The van der Waals surface area contributed by atoms with Crippen molar-refractivity contribution in [1.29, 1.82) is 0 Å². The smallest absolute Gasteiger partial charge is 0.136 e. The minimum absolute atomic E-state index is 0.128. The van der Waals surface area contributed by atoms with Gasteiger partial charge in [-0.05, 0) is 58.7 Å². The molecular formula is C11H19NO. The second-order valence-corrected chi connectivity index (χ2v) is 4.64. The molecule has 1 aliphatic carbocycles. The standard InChI is InChI=1S/C11H19NO/c1-10(13)11(4-5-11)6-9-12-7-2-3-8-12/h2-9H2,1H3. The van der Waals surface area contributed by atoms with Crippen molar-refractivity contribution in [2.75, 3.05) is 19.6 Å². The van der Waals surface area contributed by atoms with E-state index in [9.17, 15) is 4.79 Å². The first-order chi connectivity index (χ1) is 6.23. The molecule has 0 aromatic rings. The van der Waals surface area contributed by atoms with Crippen LogP contribution in [0.2, 0.25) is 0 Å². The van der Waals surface area contributed by atoms with Crippen molar-refractivity contribution in [2.24, 2.45) is 5.41 Å². The van der Waals surface area contributed by atoms with Gasteiger partial charge in [-0.25, -0.2) is 0 Å². The zero-order valence-corrected chi connectivity index (χ0v) is 8.51. The molecule has 13 heavy (non-hydrogen) atoms.